The fraction of sp³-hybridized carbons (Fsp3) is 0.435. The van der Waals surface area contributed by atoms with Gasteiger partial charge >= 0.3 is 0 Å². The quantitative estimate of drug-likeness (QED) is 0.524. The largest absolute Gasteiger partial charge is 0.497 e. The lowest BCUT2D eigenvalue weighted by Gasteiger charge is -2.22. The van der Waals surface area contributed by atoms with Gasteiger partial charge in [-0.05, 0) is 48.2 Å². The van der Waals surface area contributed by atoms with E-state index in [1.165, 1.54) is 5.56 Å². The summed E-state index contributed by atoms with van der Waals surface area (Å²) in [5, 5.41) is 3.02. The van der Waals surface area contributed by atoms with E-state index < -0.39 is 0 Å². The smallest absolute Gasteiger partial charge is 0.234 e. The molecule has 29 heavy (non-hydrogen) atoms. The highest BCUT2D eigenvalue weighted by atomic mass is 16.5. The fourth-order valence-corrected chi connectivity index (χ4v) is 3.03. The highest BCUT2D eigenvalue weighted by Gasteiger charge is 2.11. The first-order valence-corrected chi connectivity index (χ1v) is 9.88. The van der Waals surface area contributed by atoms with Gasteiger partial charge in [0.25, 0.3) is 0 Å². The monoisotopic (exact) mass is 400 g/mol. The topological polar surface area (TPSA) is 60.0 Å². The molecule has 0 aliphatic heterocycles. The van der Waals surface area contributed by atoms with Crippen LogP contribution in [0, 0.1) is 0 Å². The number of benzene rings is 2. The molecule has 0 unspecified atom stereocenters. The van der Waals surface area contributed by atoms with Crippen molar-refractivity contribution in [1.82, 2.24) is 10.2 Å². The first kappa shape index (κ1) is 22.7. The highest BCUT2D eigenvalue weighted by molar-refractivity contribution is 5.78. The molecule has 0 fully saturated rings. The van der Waals surface area contributed by atoms with Gasteiger partial charge in [-0.25, -0.2) is 0 Å². The van der Waals surface area contributed by atoms with Crippen LogP contribution < -0.4 is 14.8 Å². The lowest BCUT2D eigenvalue weighted by atomic mass is 10.1. The van der Waals surface area contributed by atoms with Gasteiger partial charge in [0, 0.05) is 33.4 Å². The molecular weight excluding hydrogens is 368 g/mol. The lowest BCUT2D eigenvalue weighted by molar-refractivity contribution is -0.122. The number of nitrogens with one attached hydrogen (secondary N) is 1. The first-order chi connectivity index (χ1) is 14.1. The summed E-state index contributed by atoms with van der Waals surface area (Å²) >= 11 is 0. The van der Waals surface area contributed by atoms with Gasteiger partial charge in [-0.1, -0.05) is 24.3 Å². The number of carbonyl (C=O) groups excluding carboxylic acids is 1. The SMILES string of the molecule is COCCCN(CC(=O)NCCc1ccc(OC)cc1)Cc1ccc(OC)cc1. The van der Waals surface area contributed by atoms with Crippen LogP contribution in [0.1, 0.15) is 17.5 Å². The summed E-state index contributed by atoms with van der Waals surface area (Å²) in [5.41, 5.74) is 2.32. The van der Waals surface area contributed by atoms with E-state index in [1.54, 1.807) is 21.3 Å². The molecule has 0 radical (unpaired) electrons. The van der Waals surface area contributed by atoms with E-state index in [-0.39, 0.29) is 5.91 Å². The molecule has 0 saturated heterocycles. The van der Waals surface area contributed by atoms with Crippen molar-refractivity contribution in [3.8, 4) is 11.5 Å². The number of hydrogen-bond donors (Lipinski definition) is 1. The Morgan fingerprint density at radius 1 is 0.897 bits per heavy atom. The van der Waals surface area contributed by atoms with Gasteiger partial charge < -0.3 is 19.5 Å². The maximum Gasteiger partial charge on any atom is 0.234 e. The molecule has 1 N–H and O–H groups in total. The van der Waals surface area contributed by atoms with Crippen LogP contribution in [0.3, 0.4) is 0 Å². The molecule has 0 atom stereocenters. The molecule has 2 aromatic rings. The second-order valence-electron chi connectivity index (χ2n) is 6.85. The maximum atomic E-state index is 12.4. The summed E-state index contributed by atoms with van der Waals surface area (Å²) in [6.45, 7) is 3.15. The van der Waals surface area contributed by atoms with Gasteiger partial charge in [-0.2, -0.15) is 0 Å². The van der Waals surface area contributed by atoms with Gasteiger partial charge in [0.15, 0.2) is 0 Å². The van der Waals surface area contributed by atoms with Crippen LogP contribution in [0.15, 0.2) is 48.5 Å². The third-order valence-electron chi connectivity index (χ3n) is 4.65. The number of amides is 1. The highest BCUT2D eigenvalue weighted by Crippen LogP contribution is 2.13. The minimum absolute atomic E-state index is 0.0319. The Labute approximate surface area is 173 Å². The van der Waals surface area contributed by atoms with E-state index in [9.17, 15) is 4.79 Å². The summed E-state index contributed by atoms with van der Waals surface area (Å²) in [5.74, 6) is 1.70. The normalized spacial score (nSPS) is 10.8. The van der Waals surface area contributed by atoms with Crippen LogP contribution >= 0.6 is 0 Å². The van der Waals surface area contributed by atoms with Gasteiger partial charge in [-0.15, -0.1) is 0 Å². The number of methoxy groups -OCH3 is 3. The van der Waals surface area contributed by atoms with E-state index in [2.05, 4.69) is 10.2 Å². The van der Waals surface area contributed by atoms with Crippen LogP contribution in [0.2, 0.25) is 0 Å². The third-order valence-corrected chi connectivity index (χ3v) is 4.65. The van der Waals surface area contributed by atoms with Crippen LogP contribution in [-0.4, -0.2) is 58.4 Å². The van der Waals surface area contributed by atoms with Crippen molar-refractivity contribution in [2.24, 2.45) is 0 Å². The standard InChI is InChI=1S/C23H32N2O4/c1-27-16-4-15-25(17-20-7-11-22(29-3)12-8-20)18-23(26)24-14-13-19-5-9-21(28-2)10-6-19/h5-12H,4,13-18H2,1-3H3,(H,24,26). The van der Waals surface area contributed by atoms with E-state index in [1.807, 2.05) is 48.5 Å². The minimum atomic E-state index is 0.0319. The summed E-state index contributed by atoms with van der Waals surface area (Å²) in [6, 6.07) is 15.9. The molecule has 0 spiro atoms. The molecule has 0 saturated carbocycles. The molecule has 0 bridgehead atoms. The van der Waals surface area contributed by atoms with E-state index >= 15 is 0 Å². The van der Waals surface area contributed by atoms with Crippen molar-refractivity contribution >= 4 is 5.91 Å². The van der Waals surface area contributed by atoms with Crippen molar-refractivity contribution in [2.45, 2.75) is 19.4 Å². The summed E-state index contributed by atoms with van der Waals surface area (Å²) in [7, 11) is 5.00. The number of ether oxygens (including phenoxy) is 3. The van der Waals surface area contributed by atoms with Crippen LogP contribution in [0.4, 0.5) is 0 Å². The Hall–Kier alpha value is -2.57. The van der Waals surface area contributed by atoms with Crippen molar-refractivity contribution in [1.29, 1.82) is 0 Å². The molecule has 0 aliphatic carbocycles. The van der Waals surface area contributed by atoms with Crippen molar-refractivity contribution in [2.75, 3.05) is 47.6 Å². The molecule has 2 rings (SSSR count). The molecule has 6 nitrogen and oxygen atoms in total. The molecule has 0 heterocycles. The molecule has 6 heteroatoms. The average Bonchev–Trinajstić information content (AvgIpc) is 2.75. The zero-order valence-electron chi connectivity index (χ0n) is 17.6. The van der Waals surface area contributed by atoms with E-state index in [4.69, 9.17) is 14.2 Å². The third kappa shape index (κ3) is 8.54. The Morgan fingerprint density at radius 3 is 2.03 bits per heavy atom. The summed E-state index contributed by atoms with van der Waals surface area (Å²) in [6.07, 6.45) is 1.67. The number of hydrogen-bond acceptors (Lipinski definition) is 5. The zero-order valence-corrected chi connectivity index (χ0v) is 17.6. The van der Waals surface area contributed by atoms with Crippen LogP contribution in [0.5, 0.6) is 11.5 Å². The predicted octanol–water partition coefficient (Wildman–Crippen LogP) is 2.90. The Kier molecular flexibility index (Phi) is 10.0. The number of carbonyl (C=O) groups is 1. The van der Waals surface area contributed by atoms with Gasteiger partial charge in [0.2, 0.25) is 5.91 Å². The summed E-state index contributed by atoms with van der Waals surface area (Å²) < 4.78 is 15.5. The zero-order chi connectivity index (χ0) is 20.9. The van der Waals surface area contributed by atoms with Crippen molar-refractivity contribution in [3.05, 3.63) is 59.7 Å². The Morgan fingerprint density at radius 2 is 1.48 bits per heavy atom. The second kappa shape index (κ2) is 12.8. The van der Waals surface area contributed by atoms with Crippen molar-refractivity contribution in [3.63, 3.8) is 0 Å². The van der Waals surface area contributed by atoms with Gasteiger partial charge in [-0.3, -0.25) is 9.69 Å². The Balaban J connectivity index is 1.82. The second-order valence-corrected chi connectivity index (χ2v) is 6.85. The average molecular weight is 401 g/mol. The number of nitrogens with zero attached hydrogens (tertiary/aromatic N) is 1. The van der Waals surface area contributed by atoms with E-state index in [0.717, 1.165) is 36.4 Å². The maximum absolute atomic E-state index is 12.4. The lowest BCUT2D eigenvalue weighted by Crippen LogP contribution is -2.38. The van der Waals surface area contributed by atoms with E-state index in [0.29, 0.717) is 26.2 Å². The molecule has 1 amide bonds. The fourth-order valence-electron chi connectivity index (χ4n) is 3.03. The van der Waals surface area contributed by atoms with Crippen molar-refractivity contribution < 1.29 is 19.0 Å². The molecule has 2 aromatic carbocycles. The van der Waals surface area contributed by atoms with Crippen LogP contribution in [0.25, 0.3) is 0 Å². The summed E-state index contributed by atoms with van der Waals surface area (Å²) in [4.78, 5) is 14.6. The first-order valence-electron chi connectivity index (χ1n) is 9.88. The van der Waals surface area contributed by atoms with Crippen LogP contribution in [-0.2, 0) is 22.5 Å². The van der Waals surface area contributed by atoms with Gasteiger partial charge in [0.1, 0.15) is 11.5 Å². The molecule has 158 valence electrons. The molecule has 0 aliphatic rings. The predicted molar refractivity (Wildman–Crippen MR) is 114 cm³/mol. The molecular formula is C23H32N2O4. The number of rotatable bonds is 13. The molecule has 0 aromatic heterocycles. The Bertz CT molecular complexity index is 717. The van der Waals surface area contributed by atoms with Gasteiger partial charge in [0.05, 0.1) is 20.8 Å². The minimum Gasteiger partial charge on any atom is -0.497 e.